The Balaban J connectivity index is 2.36. The molecule has 2 aromatic rings. The molecule has 0 aliphatic rings. The highest BCUT2D eigenvalue weighted by Gasteiger charge is 2.14. The molecular weight excluding hydrogens is 316 g/mol. The van der Waals surface area contributed by atoms with Crippen LogP contribution in [0.25, 0.3) is 5.69 Å². The van der Waals surface area contributed by atoms with Crippen molar-refractivity contribution in [2.45, 2.75) is 19.8 Å². The van der Waals surface area contributed by atoms with Crippen molar-refractivity contribution in [1.82, 2.24) is 9.78 Å². The van der Waals surface area contributed by atoms with Crippen LogP contribution in [0.1, 0.15) is 25.3 Å². The van der Waals surface area contributed by atoms with Crippen molar-refractivity contribution in [3.8, 4) is 11.8 Å². The second kappa shape index (κ2) is 6.58. The maximum Gasteiger partial charge on any atom is 0.232 e. The van der Waals surface area contributed by atoms with E-state index in [4.69, 9.17) is 16.7 Å². The van der Waals surface area contributed by atoms with Crippen LogP contribution in [0.3, 0.4) is 0 Å². The molecule has 0 radical (unpaired) electrons. The number of anilines is 3. The maximum absolute atomic E-state index is 12.0. The van der Waals surface area contributed by atoms with Gasteiger partial charge in [0.25, 0.3) is 0 Å². The lowest BCUT2D eigenvalue weighted by molar-refractivity contribution is 0.598. The number of benzene rings is 1. The molecule has 1 heterocycles. The summed E-state index contributed by atoms with van der Waals surface area (Å²) in [6.45, 7) is 1.92. The molecule has 122 valence electrons. The van der Waals surface area contributed by atoms with Gasteiger partial charge in [-0.05, 0) is 24.6 Å². The fourth-order valence-corrected chi connectivity index (χ4v) is 3.25. The molecule has 0 amide bonds. The van der Waals surface area contributed by atoms with Crippen LogP contribution in [-0.4, -0.2) is 24.0 Å². The first-order chi connectivity index (χ1) is 10.9. The van der Waals surface area contributed by atoms with E-state index >= 15 is 0 Å². The molecule has 0 fully saturated rings. The summed E-state index contributed by atoms with van der Waals surface area (Å²) in [6, 6.07) is 6.57. The first-order valence-electron chi connectivity index (χ1n) is 7.02. The van der Waals surface area contributed by atoms with Crippen molar-refractivity contribution in [2.75, 3.05) is 21.9 Å². The summed E-state index contributed by atoms with van der Waals surface area (Å²) in [6.07, 6.45) is 2.69. The Morgan fingerprint density at radius 3 is 2.74 bits per heavy atom. The fourth-order valence-electron chi connectivity index (χ4n) is 1.99. The minimum atomic E-state index is -3.42. The van der Waals surface area contributed by atoms with Gasteiger partial charge >= 0.3 is 0 Å². The van der Waals surface area contributed by atoms with Gasteiger partial charge in [-0.15, -0.1) is 0 Å². The molecule has 0 bridgehead atoms. The summed E-state index contributed by atoms with van der Waals surface area (Å²) in [5, 5.41) is 12.9. The third-order valence-corrected chi connectivity index (χ3v) is 4.60. The van der Waals surface area contributed by atoms with Gasteiger partial charge in [0.15, 0.2) is 0 Å². The fraction of sp³-hybridized carbons (Fsp3) is 0.286. The molecule has 0 spiro atoms. The molecule has 1 aromatic heterocycles. The summed E-state index contributed by atoms with van der Waals surface area (Å²) >= 11 is 0. The van der Waals surface area contributed by atoms with Gasteiger partial charge in [-0.2, -0.15) is 10.4 Å². The first-order valence-corrected chi connectivity index (χ1v) is 8.67. The highest BCUT2D eigenvalue weighted by molar-refractivity contribution is 7.92. The monoisotopic (exact) mass is 334 g/mol. The molecule has 5 N–H and O–H groups in total. The van der Waals surface area contributed by atoms with E-state index in [1.54, 1.807) is 12.1 Å². The summed E-state index contributed by atoms with van der Waals surface area (Å²) in [5.41, 5.74) is 13.1. The van der Waals surface area contributed by atoms with Crippen LogP contribution in [0.2, 0.25) is 0 Å². The van der Waals surface area contributed by atoms with Crippen molar-refractivity contribution in [3.05, 3.63) is 30.0 Å². The lowest BCUT2D eigenvalue weighted by Gasteiger charge is -2.12. The Labute approximate surface area is 134 Å². The number of sulfonamides is 1. The number of nitriles is 1. The van der Waals surface area contributed by atoms with Crippen LogP contribution in [0, 0.1) is 11.3 Å². The quantitative estimate of drug-likeness (QED) is 0.683. The molecule has 0 atom stereocenters. The normalized spacial score (nSPS) is 11.1. The van der Waals surface area contributed by atoms with E-state index in [0.717, 1.165) is 6.42 Å². The second-order valence-electron chi connectivity index (χ2n) is 5.02. The van der Waals surface area contributed by atoms with Gasteiger partial charge in [0.1, 0.15) is 17.5 Å². The standard InChI is InChI=1S/C14H18N6O2S/c1-2-3-6-23(21,22)19-11-4-5-12(16)13(7-11)20-14(17)10(8-15)9-18-20/h4-5,7,9,19H,2-3,6,16-17H2,1H3. The molecule has 2 rings (SSSR count). The highest BCUT2D eigenvalue weighted by Crippen LogP contribution is 2.25. The summed E-state index contributed by atoms with van der Waals surface area (Å²) in [7, 11) is -3.42. The lowest BCUT2D eigenvalue weighted by atomic mass is 10.2. The molecule has 23 heavy (non-hydrogen) atoms. The Kier molecular flexibility index (Phi) is 4.76. The molecule has 0 saturated carbocycles. The van der Waals surface area contributed by atoms with E-state index in [0.29, 0.717) is 23.5 Å². The SMILES string of the molecule is CCCCS(=O)(=O)Nc1ccc(N)c(-n2ncc(C#N)c2N)c1. The predicted octanol–water partition coefficient (Wildman–Crippen LogP) is 1.45. The maximum atomic E-state index is 12.0. The van der Waals surface area contributed by atoms with E-state index in [9.17, 15) is 8.42 Å². The molecule has 1 aromatic carbocycles. The van der Waals surface area contributed by atoms with Gasteiger partial charge in [-0.1, -0.05) is 13.3 Å². The van der Waals surface area contributed by atoms with Crippen LogP contribution >= 0.6 is 0 Å². The average molecular weight is 334 g/mol. The average Bonchev–Trinajstić information content (AvgIpc) is 2.88. The van der Waals surface area contributed by atoms with Crippen molar-refractivity contribution >= 4 is 27.2 Å². The van der Waals surface area contributed by atoms with Gasteiger partial charge in [0.05, 0.1) is 29.0 Å². The van der Waals surface area contributed by atoms with Gasteiger partial charge in [-0.25, -0.2) is 13.1 Å². The van der Waals surface area contributed by atoms with Crippen LogP contribution in [-0.2, 0) is 10.0 Å². The summed E-state index contributed by atoms with van der Waals surface area (Å²) < 4.78 is 27.8. The molecule has 0 aliphatic carbocycles. The van der Waals surface area contributed by atoms with Gasteiger partial charge < -0.3 is 11.5 Å². The van der Waals surface area contributed by atoms with Crippen molar-refractivity contribution < 1.29 is 8.42 Å². The summed E-state index contributed by atoms with van der Waals surface area (Å²) in [4.78, 5) is 0. The van der Waals surface area contributed by atoms with E-state index in [2.05, 4.69) is 9.82 Å². The number of aromatic nitrogens is 2. The van der Waals surface area contributed by atoms with Gasteiger partial charge in [-0.3, -0.25) is 4.72 Å². The molecule has 0 aliphatic heterocycles. The molecule has 0 saturated heterocycles. The Bertz CT molecular complexity index is 851. The predicted molar refractivity (Wildman–Crippen MR) is 89.4 cm³/mol. The number of nitrogen functional groups attached to an aromatic ring is 2. The first kappa shape index (κ1) is 16.6. The van der Waals surface area contributed by atoms with E-state index in [-0.39, 0.29) is 17.1 Å². The van der Waals surface area contributed by atoms with Crippen molar-refractivity contribution in [1.29, 1.82) is 5.26 Å². The lowest BCUT2D eigenvalue weighted by Crippen LogP contribution is -2.17. The molecular formula is C14H18N6O2S. The van der Waals surface area contributed by atoms with Crippen molar-refractivity contribution in [3.63, 3.8) is 0 Å². The van der Waals surface area contributed by atoms with Crippen LogP contribution in [0.4, 0.5) is 17.2 Å². The minimum Gasteiger partial charge on any atom is -0.397 e. The number of unbranched alkanes of at least 4 members (excludes halogenated alkanes) is 1. The van der Waals surface area contributed by atoms with E-state index < -0.39 is 10.0 Å². The highest BCUT2D eigenvalue weighted by atomic mass is 32.2. The minimum absolute atomic E-state index is 0.0473. The number of nitrogens with zero attached hydrogens (tertiary/aromatic N) is 3. The van der Waals surface area contributed by atoms with Crippen LogP contribution in [0.15, 0.2) is 24.4 Å². The number of rotatable bonds is 6. The zero-order chi connectivity index (χ0) is 17.0. The number of nitrogens with two attached hydrogens (primary N) is 2. The van der Waals surface area contributed by atoms with Gasteiger partial charge in [0, 0.05) is 0 Å². The largest absolute Gasteiger partial charge is 0.397 e. The van der Waals surface area contributed by atoms with Crippen LogP contribution < -0.4 is 16.2 Å². The summed E-state index contributed by atoms with van der Waals surface area (Å²) in [5.74, 6) is 0.191. The van der Waals surface area contributed by atoms with Gasteiger partial charge in [0.2, 0.25) is 10.0 Å². The third-order valence-electron chi connectivity index (χ3n) is 3.23. The Hall–Kier alpha value is -2.73. The third kappa shape index (κ3) is 3.73. The molecule has 0 unspecified atom stereocenters. The molecule has 9 heteroatoms. The zero-order valence-corrected chi connectivity index (χ0v) is 13.5. The topological polar surface area (TPSA) is 140 Å². The Morgan fingerprint density at radius 2 is 2.13 bits per heavy atom. The Morgan fingerprint density at radius 1 is 1.39 bits per heavy atom. The van der Waals surface area contributed by atoms with E-state index in [1.807, 2.05) is 13.0 Å². The zero-order valence-electron chi connectivity index (χ0n) is 12.7. The second-order valence-corrected chi connectivity index (χ2v) is 6.86. The smallest absolute Gasteiger partial charge is 0.232 e. The van der Waals surface area contributed by atoms with Crippen LogP contribution in [0.5, 0.6) is 0 Å². The van der Waals surface area contributed by atoms with E-state index in [1.165, 1.54) is 16.9 Å². The number of hydrogen-bond acceptors (Lipinski definition) is 6. The van der Waals surface area contributed by atoms with Crippen molar-refractivity contribution in [2.24, 2.45) is 0 Å². The molecule has 8 nitrogen and oxygen atoms in total. The number of hydrogen-bond donors (Lipinski definition) is 3. The number of nitrogens with one attached hydrogen (secondary N) is 1.